The first kappa shape index (κ1) is 13.9. The number of nitrogens with one attached hydrogen (secondary N) is 1. The van der Waals surface area contributed by atoms with Crippen LogP contribution in [0.4, 0.5) is 0 Å². The van der Waals surface area contributed by atoms with Gasteiger partial charge in [0.25, 0.3) is 0 Å². The van der Waals surface area contributed by atoms with Crippen molar-refractivity contribution < 1.29 is 9.47 Å². The van der Waals surface area contributed by atoms with Gasteiger partial charge in [-0.1, -0.05) is 0 Å². The zero-order valence-electron chi connectivity index (χ0n) is 11.4. The van der Waals surface area contributed by atoms with Crippen molar-refractivity contribution >= 4 is 0 Å². The summed E-state index contributed by atoms with van der Waals surface area (Å²) in [6, 6.07) is 0.448. The van der Waals surface area contributed by atoms with E-state index >= 15 is 0 Å². The smallest absolute Gasteiger partial charge is 0.0787 e. The van der Waals surface area contributed by atoms with Gasteiger partial charge in [-0.3, -0.25) is 0 Å². The molecule has 0 spiro atoms. The van der Waals surface area contributed by atoms with Gasteiger partial charge in [-0.2, -0.15) is 0 Å². The molecular formula is C13H27NO2. The molecule has 3 heteroatoms. The molecule has 96 valence electrons. The van der Waals surface area contributed by atoms with Crippen LogP contribution in [0, 0.1) is 0 Å². The zero-order chi connectivity index (χ0) is 12.2. The van der Waals surface area contributed by atoms with Crippen LogP contribution < -0.4 is 5.32 Å². The minimum absolute atomic E-state index is 0.00108. The van der Waals surface area contributed by atoms with E-state index in [0.29, 0.717) is 6.04 Å². The first-order chi connectivity index (χ1) is 7.37. The van der Waals surface area contributed by atoms with E-state index in [1.54, 1.807) is 0 Å². The summed E-state index contributed by atoms with van der Waals surface area (Å²) in [6.45, 7) is 13.4. The fraction of sp³-hybridized carbons (Fsp3) is 1.00. The molecular weight excluding hydrogens is 202 g/mol. The summed E-state index contributed by atoms with van der Waals surface area (Å²) in [6.07, 6.45) is 2.15. The first-order valence-electron chi connectivity index (χ1n) is 6.39. The lowest BCUT2D eigenvalue weighted by Crippen LogP contribution is -2.43. The zero-order valence-corrected chi connectivity index (χ0v) is 11.4. The Morgan fingerprint density at radius 1 is 1.31 bits per heavy atom. The molecule has 16 heavy (non-hydrogen) atoms. The highest BCUT2D eigenvalue weighted by molar-refractivity contribution is 4.98. The highest BCUT2D eigenvalue weighted by Crippen LogP contribution is 2.37. The molecule has 0 aromatic rings. The molecule has 1 fully saturated rings. The second-order valence-corrected chi connectivity index (χ2v) is 5.73. The fourth-order valence-electron chi connectivity index (χ4n) is 2.48. The molecule has 0 saturated carbocycles. The summed E-state index contributed by atoms with van der Waals surface area (Å²) in [5, 5.41) is 3.58. The predicted molar refractivity (Wildman–Crippen MR) is 66.8 cm³/mol. The normalized spacial score (nSPS) is 27.2. The van der Waals surface area contributed by atoms with Crippen LogP contribution in [-0.4, -0.2) is 37.0 Å². The van der Waals surface area contributed by atoms with E-state index in [9.17, 15) is 0 Å². The van der Waals surface area contributed by atoms with Gasteiger partial charge in [0, 0.05) is 19.3 Å². The van der Waals surface area contributed by atoms with Crippen molar-refractivity contribution in [2.75, 3.05) is 19.8 Å². The lowest BCUT2D eigenvalue weighted by Gasteiger charge is -2.27. The minimum atomic E-state index is -0.0604. The third kappa shape index (κ3) is 4.04. The maximum absolute atomic E-state index is 6.03. The van der Waals surface area contributed by atoms with Crippen LogP contribution in [0.3, 0.4) is 0 Å². The van der Waals surface area contributed by atoms with Gasteiger partial charge in [-0.15, -0.1) is 0 Å². The molecule has 1 atom stereocenters. The third-order valence-corrected chi connectivity index (χ3v) is 3.13. The van der Waals surface area contributed by atoms with Crippen LogP contribution in [-0.2, 0) is 9.47 Å². The Bertz CT molecular complexity index is 214. The lowest BCUT2D eigenvalue weighted by molar-refractivity contribution is -0.0698. The summed E-state index contributed by atoms with van der Waals surface area (Å²) in [5.41, 5.74) is -0.0593. The maximum Gasteiger partial charge on any atom is 0.0787 e. The molecule has 1 unspecified atom stereocenters. The molecule has 0 radical (unpaired) electrons. The van der Waals surface area contributed by atoms with Crippen molar-refractivity contribution in [3.8, 4) is 0 Å². The Morgan fingerprint density at radius 2 is 2.00 bits per heavy atom. The molecule has 0 aromatic carbocycles. The van der Waals surface area contributed by atoms with Crippen LogP contribution in [0.25, 0.3) is 0 Å². The standard InChI is InChI=1S/C13H27NO2/c1-6-15-9-7-8-14-11-10-12(2,3)16-13(11,4)5/h11,14H,6-10H2,1-5H3. The van der Waals surface area contributed by atoms with Crippen LogP contribution in [0.2, 0.25) is 0 Å². The molecule has 1 saturated heterocycles. The van der Waals surface area contributed by atoms with Crippen LogP contribution in [0.1, 0.15) is 47.5 Å². The summed E-state index contributed by atoms with van der Waals surface area (Å²) in [4.78, 5) is 0. The maximum atomic E-state index is 6.03. The molecule has 0 bridgehead atoms. The number of hydrogen-bond acceptors (Lipinski definition) is 3. The highest BCUT2D eigenvalue weighted by atomic mass is 16.5. The average Bonchev–Trinajstić information content (AvgIpc) is 2.34. The molecule has 1 aliphatic heterocycles. The Morgan fingerprint density at radius 3 is 2.50 bits per heavy atom. The Kier molecular flexibility index (Phi) is 4.77. The van der Waals surface area contributed by atoms with E-state index in [0.717, 1.165) is 32.6 Å². The van der Waals surface area contributed by atoms with Crippen molar-refractivity contribution in [1.29, 1.82) is 0 Å². The largest absolute Gasteiger partial charge is 0.382 e. The van der Waals surface area contributed by atoms with Crippen molar-refractivity contribution in [2.24, 2.45) is 0 Å². The van der Waals surface area contributed by atoms with E-state index in [1.165, 1.54) is 0 Å². The van der Waals surface area contributed by atoms with E-state index in [4.69, 9.17) is 9.47 Å². The second kappa shape index (κ2) is 5.48. The summed E-state index contributed by atoms with van der Waals surface area (Å²) in [5.74, 6) is 0. The second-order valence-electron chi connectivity index (χ2n) is 5.73. The van der Waals surface area contributed by atoms with Gasteiger partial charge in [0.05, 0.1) is 11.2 Å². The number of hydrogen-bond donors (Lipinski definition) is 1. The molecule has 0 aliphatic carbocycles. The third-order valence-electron chi connectivity index (χ3n) is 3.13. The van der Waals surface area contributed by atoms with Crippen molar-refractivity contribution in [3.63, 3.8) is 0 Å². The topological polar surface area (TPSA) is 30.5 Å². The summed E-state index contributed by atoms with van der Waals surface area (Å²) < 4.78 is 11.4. The van der Waals surface area contributed by atoms with E-state index in [2.05, 4.69) is 33.0 Å². The van der Waals surface area contributed by atoms with Gasteiger partial charge >= 0.3 is 0 Å². The average molecular weight is 229 g/mol. The molecule has 0 amide bonds. The van der Waals surface area contributed by atoms with Crippen molar-refractivity contribution in [1.82, 2.24) is 5.32 Å². The van der Waals surface area contributed by atoms with Gasteiger partial charge in [0.1, 0.15) is 0 Å². The van der Waals surface area contributed by atoms with Gasteiger partial charge in [-0.25, -0.2) is 0 Å². The quantitative estimate of drug-likeness (QED) is 0.709. The molecule has 1 aliphatic rings. The Hall–Kier alpha value is -0.120. The van der Waals surface area contributed by atoms with Crippen LogP contribution in [0.5, 0.6) is 0 Å². The van der Waals surface area contributed by atoms with Crippen LogP contribution in [0.15, 0.2) is 0 Å². The first-order valence-corrected chi connectivity index (χ1v) is 6.39. The van der Waals surface area contributed by atoms with Gasteiger partial charge < -0.3 is 14.8 Å². The minimum Gasteiger partial charge on any atom is -0.382 e. The number of rotatable bonds is 6. The SMILES string of the molecule is CCOCCCNC1CC(C)(C)OC1(C)C. The summed E-state index contributed by atoms with van der Waals surface area (Å²) in [7, 11) is 0. The molecule has 1 heterocycles. The van der Waals surface area contributed by atoms with E-state index < -0.39 is 0 Å². The molecule has 0 aromatic heterocycles. The lowest BCUT2D eigenvalue weighted by atomic mass is 9.94. The van der Waals surface area contributed by atoms with Gasteiger partial charge in [0.15, 0.2) is 0 Å². The number of ether oxygens (including phenoxy) is 2. The van der Waals surface area contributed by atoms with E-state index in [-0.39, 0.29) is 11.2 Å². The fourth-order valence-corrected chi connectivity index (χ4v) is 2.48. The van der Waals surface area contributed by atoms with Crippen molar-refractivity contribution in [2.45, 2.75) is 64.7 Å². The van der Waals surface area contributed by atoms with E-state index in [1.807, 2.05) is 6.92 Å². The van der Waals surface area contributed by atoms with Gasteiger partial charge in [-0.05, 0) is 54.0 Å². The highest BCUT2D eigenvalue weighted by Gasteiger charge is 2.45. The Balaban J connectivity index is 2.26. The summed E-state index contributed by atoms with van der Waals surface area (Å²) >= 11 is 0. The monoisotopic (exact) mass is 229 g/mol. The van der Waals surface area contributed by atoms with Crippen LogP contribution >= 0.6 is 0 Å². The Labute approximate surface area is 99.9 Å². The molecule has 3 nitrogen and oxygen atoms in total. The van der Waals surface area contributed by atoms with Crippen molar-refractivity contribution in [3.05, 3.63) is 0 Å². The molecule has 1 rings (SSSR count). The predicted octanol–water partition coefficient (Wildman–Crippen LogP) is 2.35. The molecule has 1 N–H and O–H groups in total. The van der Waals surface area contributed by atoms with Gasteiger partial charge in [0.2, 0.25) is 0 Å².